The van der Waals surface area contributed by atoms with Crippen molar-refractivity contribution in [3.8, 4) is 0 Å². The van der Waals surface area contributed by atoms with Crippen molar-refractivity contribution in [2.24, 2.45) is 0 Å². The third kappa shape index (κ3) is 4.06. The Hall–Kier alpha value is -1.36. The van der Waals surface area contributed by atoms with E-state index in [1.165, 1.54) is 12.1 Å². The van der Waals surface area contributed by atoms with E-state index in [1.54, 1.807) is 24.3 Å². The highest BCUT2D eigenvalue weighted by Gasteiger charge is 2.21. The second-order valence-electron chi connectivity index (χ2n) is 4.85. The molecule has 0 aliphatic carbocycles. The van der Waals surface area contributed by atoms with Crippen LogP contribution in [0.4, 0.5) is 0 Å². The summed E-state index contributed by atoms with van der Waals surface area (Å²) in [5.41, 5.74) is 1.74. The van der Waals surface area contributed by atoms with Gasteiger partial charge in [0.1, 0.15) is 0 Å². The molecule has 0 amide bonds. The van der Waals surface area contributed by atoms with Crippen LogP contribution in [-0.2, 0) is 16.3 Å². The summed E-state index contributed by atoms with van der Waals surface area (Å²) < 4.78 is 24.5. The van der Waals surface area contributed by atoms with Gasteiger partial charge in [0.2, 0.25) is 0 Å². The smallest absolute Gasteiger partial charge is 0.181 e. The Morgan fingerprint density at radius 3 is 2.38 bits per heavy atom. The predicted molar refractivity (Wildman–Crippen MR) is 84.3 cm³/mol. The number of halogens is 1. The van der Waals surface area contributed by atoms with Gasteiger partial charge in [0.05, 0.1) is 16.8 Å². The molecule has 2 aromatic rings. The van der Waals surface area contributed by atoms with Crippen LogP contribution in [0.25, 0.3) is 0 Å². The van der Waals surface area contributed by atoms with Gasteiger partial charge in [-0.3, -0.25) is 0 Å². The largest absolute Gasteiger partial charge is 0.387 e. The number of sulfone groups is 1. The quantitative estimate of drug-likeness (QED) is 0.917. The zero-order chi connectivity index (χ0) is 15.5. The lowest BCUT2D eigenvalue weighted by atomic mass is 10.1. The molecule has 0 aromatic heterocycles. The first-order valence-corrected chi connectivity index (χ1v) is 8.70. The fourth-order valence-corrected chi connectivity index (χ4v) is 3.68. The Morgan fingerprint density at radius 1 is 1.14 bits per heavy atom. The molecule has 2 rings (SSSR count). The highest BCUT2D eigenvalue weighted by Crippen LogP contribution is 2.22. The summed E-state index contributed by atoms with van der Waals surface area (Å²) in [5, 5.41) is 10.5. The molecule has 0 spiro atoms. The number of aliphatic hydroxyl groups is 1. The van der Waals surface area contributed by atoms with Crippen LogP contribution in [0.15, 0.2) is 53.4 Å². The molecule has 0 saturated carbocycles. The molecule has 0 aliphatic rings. The first kappa shape index (κ1) is 16.0. The third-order valence-corrected chi connectivity index (χ3v) is 5.27. The summed E-state index contributed by atoms with van der Waals surface area (Å²) in [4.78, 5) is 0.124. The molecule has 0 radical (unpaired) electrons. The molecule has 112 valence electrons. The summed E-state index contributed by atoms with van der Waals surface area (Å²) in [5.74, 6) is -0.362. The molecular formula is C16H17ClO3S. The standard InChI is InChI=1S/C16H17ClO3S/c1-2-12-6-8-13(9-7-12)16(18)11-21(19,20)15-5-3-4-14(17)10-15/h3-10,16,18H,2,11H2,1H3. The number of aliphatic hydroxyl groups excluding tert-OH is 1. The molecule has 0 bridgehead atoms. The fourth-order valence-electron chi connectivity index (χ4n) is 2.04. The molecular weight excluding hydrogens is 308 g/mol. The van der Waals surface area contributed by atoms with Crippen molar-refractivity contribution in [3.05, 3.63) is 64.7 Å². The van der Waals surface area contributed by atoms with Gasteiger partial charge in [-0.15, -0.1) is 0 Å². The lowest BCUT2D eigenvalue weighted by Crippen LogP contribution is -2.14. The average Bonchev–Trinajstić information content (AvgIpc) is 2.47. The highest BCUT2D eigenvalue weighted by molar-refractivity contribution is 7.91. The van der Waals surface area contributed by atoms with E-state index < -0.39 is 15.9 Å². The maximum atomic E-state index is 12.3. The van der Waals surface area contributed by atoms with E-state index in [2.05, 4.69) is 0 Å². The van der Waals surface area contributed by atoms with Crippen LogP contribution >= 0.6 is 11.6 Å². The first-order valence-electron chi connectivity index (χ1n) is 6.67. The van der Waals surface area contributed by atoms with Crippen LogP contribution in [0.2, 0.25) is 5.02 Å². The minimum atomic E-state index is -3.58. The van der Waals surface area contributed by atoms with Gasteiger partial charge in [-0.25, -0.2) is 8.42 Å². The van der Waals surface area contributed by atoms with Crippen molar-refractivity contribution < 1.29 is 13.5 Å². The van der Waals surface area contributed by atoms with Gasteiger partial charge < -0.3 is 5.11 Å². The van der Waals surface area contributed by atoms with Crippen molar-refractivity contribution in [1.82, 2.24) is 0 Å². The zero-order valence-electron chi connectivity index (χ0n) is 11.7. The summed E-state index contributed by atoms with van der Waals surface area (Å²) in [7, 11) is -3.58. The number of aryl methyl sites for hydroxylation is 1. The lowest BCUT2D eigenvalue weighted by molar-refractivity contribution is 0.201. The van der Waals surface area contributed by atoms with Crippen LogP contribution in [0.3, 0.4) is 0 Å². The van der Waals surface area contributed by atoms with E-state index in [-0.39, 0.29) is 10.6 Å². The van der Waals surface area contributed by atoms with Crippen LogP contribution in [0.5, 0.6) is 0 Å². The summed E-state index contributed by atoms with van der Waals surface area (Å²) >= 11 is 5.81. The summed E-state index contributed by atoms with van der Waals surface area (Å²) in [6, 6.07) is 13.4. The van der Waals surface area contributed by atoms with Crippen molar-refractivity contribution in [2.75, 3.05) is 5.75 Å². The van der Waals surface area contributed by atoms with Crippen molar-refractivity contribution in [2.45, 2.75) is 24.3 Å². The predicted octanol–water partition coefficient (Wildman–Crippen LogP) is 3.41. The van der Waals surface area contributed by atoms with Gasteiger partial charge in [-0.1, -0.05) is 48.9 Å². The third-order valence-electron chi connectivity index (χ3n) is 3.31. The Bertz CT molecular complexity index is 709. The molecule has 5 heteroatoms. The Balaban J connectivity index is 2.19. The number of rotatable bonds is 5. The zero-order valence-corrected chi connectivity index (χ0v) is 13.2. The molecule has 1 unspecified atom stereocenters. The van der Waals surface area contributed by atoms with E-state index >= 15 is 0 Å². The molecule has 0 aliphatic heterocycles. The monoisotopic (exact) mass is 324 g/mol. The maximum Gasteiger partial charge on any atom is 0.181 e. The van der Waals surface area contributed by atoms with Crippen molar-refractivity contribution in [3.63, 3.8) is 0 Å². The first-order chi connectivity index (χ1) is 9.92. The molecule has 1 atom stereocenters. The van der Waals surface area contributed by atoms with Gasteiger partial charge in [0, 0.05) is 5.02 Å². The van der Waals surface area contributed by atoms with Crippen molar-refractivity contribution in [1.29, 1.82) is 0 Å². The number of benzene rings is 2. The van der Waals surface area contributed by atoms with Crippen molar-refractivity contribution >= 4 is 21.4 Å². The van der Waals surface area contributed by atoms with E-state index in [0.29, 0.717) is 10.6 Å². The van der Waals surface area contributed by atoms with Gasteiger partial charge >= 0.3 is 0 Å². The van der Waals surface area contributed by atoms with Crippen LogP contribution in [0.1, 0.15) is 24.2 Å². The lowest BCUT2D eigenvalue weighted by Gasteiger charge is -2.12. The average molecular weight is 325 g/mol. The number of hydrogen-bond donors (Lipinski definition) is 1. The Kier molecular flexibility index (Phi) is 5.04. The minimum Gasteiger partial charge on any atom is -0.387 e. The van der Waals surface area contributed by atoms with Crippen LogP contribution in [-0.4, -0.2) is 19.3 Å². The molecule has 21 heavy (non-hydrogen) atoms. The summed E-state index contributed by atoms with van der Waals surface area (Å²) in [6.45, 7) is 2.04. The Morgan fingerprint density at radius 2 is 1.81 bits per heavy atom. The van der Waals surface area contributed by atoms with E-state index in [4.69, 9.17) is 11.6 Å². The molecule has 0 fully saturated rings. The second kappa shape index (κ2) is 6.60. The van der Waals surface area contributed by atoms with Crippen LogP contribution in [0, 0.1) is 0 Å². The van der Waals surface area contributed by atoms with E-state index in [1.807, 2.05) is 19.1 Å². The maximum absolute atomic E-state index is 12.3. The Labute approximate surface area is 130 Å². The highest BCUT2D eigenvalue weighted by atomic mass is 35.5. The SMILES string of the molecule is CCc1ccc(C(O)CS(=O)(=O)c2cccc(Cl)c2)cc1. The minimum absolute atomic E-state index is 0.124. The normalized spacial score (nSPS) is 13.1. The summed E-state index contributed by atoms with van der Waals surface area (Å²) in [6.07, 6.45) is -0.156. The van der Waals surface area contributed by atoms with Gasteiger partial charge in [0.25, 0.3) is 0 Å². The molecule has 2 aromatic carbocycles. The van der Waals surface area contributed by atoms with E-state index in [0.717, 1.165) is 12.0 Å². The second-order valence-corrected chi connectivity index (χ2v) is 7.32. The van der Waals surface area contributed by atoms with Gasteiger partial charge in [0.15, 0.2) is 9.84 Å². The van der Waals surface area contributed by atoms with Gasteiger partial charge in [-0.05, 0) is 35.7 Å². The molecule has 1 N–H and O–H groups in total. The fraction of sp³-hybridized carbons (Fsp3) is 0.250. The van der Waals surface area contributed by atoms with Gasteiger partial charge in [-0.2, -0.15) is 0 Å². The van der Waals surface area contributed by atoms with E-state index in [9.17, 15) is 13.5 Å². The molecule has 0 heterocycles. The van der Waals surface area contributed by atoms with Crippen LogP contribution < -0.4 is 0 Å². The molecule has 3 nitrogen and oxygen atoms in total. The topological polar surface area (TPSA) is 54.4 Å². The molecule has 0 saturated heterocycles. The number of hydrogen-bond acceptors (Lipinski definition) is 3.